The lowest BCUT2D eigenvalue weighted by Gasteiger charge is -2.48. The Balaban J connectivity index is 1.76. The molecule has 1 aliphatic rings. The summed E-state index contributed by atoms with van der Waals surface area (Å²) in [4.78, 5) is 15.1. The summed E-state index contributed by atoms with van der Waals surface area (Å²) in [5.74, 6) is 0.970. The van der Waals surface area contributed by atoms with Gasteiger partial charge in [-0.1, -0.05) is 63.8 Å². The van der Waals surface area contributed by atoms with Gasteiger partial charge in [0.15, 0.2) is 0 Å². The Kier molecular flexibility index (Phi) is 7.18. The molecule has 0 aromatic heterocycles. The zero-order valence-corrected chi connectivity index (χ0v) is 18.0. The highest BCUT2D eigenvalue weighted by molar-refractivity contribution is 6.02. The van der Waals surface area contributed by atoms with Crippen molar-refractivity contribution in [1.82, 2.24) is 4.90 Å². The topological polar surface area (TPSA) is 41.6 Å². The number of nitrogens with one attached hydrogen (secondary N) is 1. The highest BCUT2D eigenvalue weighted by Gasteiger charge is 2.43. The van der Waals surface area contributed by atoms with E-state index in [-0.39, 0.29) is 5.91 Å². The van der Waals surface area contributed by atoms with Gasteiger partial charge < -0.3 is 15.0 Å². The number of fused-ring (bicyclic) bond motifs is 1. The van der Waals surface area contributed by atoms with E-state index in [1.807, 2.05) is 48.2 Å². The highest BCUT2D eigenvalue weighted by atomic mass is 16.5. The molecule has 0 saturated carbocycles. The van der Waals surface area contributed by atoms with Crippen molar-refractivity contribution in [2.24, 2.45) is 0 Å². The number of unbranched alkanes of at least 4 members (excludes halogenated alkanes) is 4. The van der Waals surface area contributed by atoms with E-state index in [1.165, 1.54) is 25.7 Å². The first-order chi connectivity index (χ1) is 14.2. The number of carbonyl (C=O) groups excluding carboxylic acids is 1. The second kappa shape index (κ2) is 9.82. The molecule has 1 atom stereocenters. The molecule has 1 N–H and O–H groups in total. The minimum atomic E-state index is -0.543. The molecule has 0 radical (unpaired) electrons. The number of hydrogen-bond acceptors (Lipinski definition) is 3. The highest BCUT2D eigenvalue weighted by Crippen LogP contribution is 2.40. The molecule has 0 saturated heterocycles. The molecular weight excluding hydrogens is 360 g/mol. The molecular formula is C25H34N2O2. The van der Waals surface area contributed by atoms with Gasteiger partial charge in [-0.15, -0.1) is 0 Å². The Morgan fingerprint density at radius 2 is 1.66 bits per heavy atom. The Labute approximate surface area is 175 Å². The van der Waals surface area contributed by atoms with Gasteiger partial charge >= 0.3 is 0 Å². The van der Waals surface area contributed by atoms with Crippen LogP contribution in [0, 0.1) is 0 Å². The first kappa shape index (κ1) is 21.2. The van der Waals surface area contributed by atoms with E-state index >= 15 is 0 Å². The molecule has 3 rings (SSSR count). The third-order valence-electron chi connectivity index (χ3n) is 5.88. The molecule has 0 fully saturated rings. The summed E-state index contributed by atoms with van der Waals surface area (Å²) >= 11 is 0. The normalized spacial score (nSPS) is 18.3. The van der Waals surface area contributed by atoms with E-state index in [1.54, 1.807) is 0 Å². The minimum absolute atomic E-state index is 0.0797. The van der Waals surface area contributed by atoms with Crippen molar-refractivity contribution >= 4 is 11.6 Å². The maximum atomic E-state index is 13.2. The summed E-state index contributed by atoms with van der Waals surface area (Å²) in [7, 11) is 0. The average Bonchev–Trinajstić information content (AvgIpc) is 2.76. The third kappa shape index (κ3) is 4.42. The molecule has 0 spiro atoms. The first-order valence-electron chi connectivity index (χ1n) is 11.1. The van der Waals surface area contributed by atoms with Gasteiger partial charge in [0, 0.05) is 12.2 Å². The fourth-order valence-corrected chi connectivity index (χ4v) is 4.24. The van der Waals surface area contributed by atoms with E-state index in [9.17, 15) is 4.79 Å². The fraction of sp³-hybridized carbons (Fsp3) is 0.480. The van der Waals surface area contributed by atoms with Crippen molar-refractivity contribution in [1.29, 1.82) is 0 Å². The van der Waals surface area contributed by atoms with Gasteiger partial charge in [-0.05, 0) is 49.6 Å². The summed E-state index contributed by atoms with van der Waals surface area (Å²) in [5.41, 5.74) is 2.18. The fourth-order valence-electron chi connectivity index (χ4n) is 4.24. The minimum Gasteiger partial charge on any atom is -0.494 e. The number of anilines is 1. The van der Waals surface area contributed by atoms with Crippen LogP contribution in [-0.2, 0) is 5.66 Å². The predicted octanol–water partition coefficient (Wildman–Crippen LogP) is 6.19. The summed E-state index contributed by atoms with van der Waals surface area (Å²) in [5, 5.41) is 3.66. The summed E-state index contributed by atoms with van der Waals surface area (Å²) in [6.45, 7) is 7.79. The predicted molar refractivity (Wildman–Crippen MR) is 119 cm³/mol. The summed E-state index contributed by atoms with van der Waals surface area (Å²) < 4.78 is 5.92. The van der Waals surface area contributed by atoms with Crippen LogP contribution in [-0.4, -0.2) is 24.0 Å². The van der Waals surface area contributed by atoms with Crippen LogP contribution in [0.25, 0.3) is 0 Å². The Bertz CT molecular complexity index is 803. The Hall–Kier alpha value is -2.49. The lowest BCUT2D eigenvalue weighted by molar-refractivity contribution is 0.0503. The Morgan fingerprint density at radius 1 is 0.931 bits per heavy atom. The standard InChI is InChI=1S/C25H34N2O2/c1-4-7-8-9-12-19-29-21-17-15-20(16-18-21)25(5-2)26-23-14-11-10-13-22(23)24(28)27(25)6-3/h10-11,13-18,26H,4-9,12,19H2,1-3H3. The van der Waals surface area contributed by atoms with Crippen molar-refractivity contribution < 1.29 is 9.53 Å². The quantitative estimate of drug-likeness (QED) is 0.489. The SMILES string of the molecule is CCCCCCCOc1ccc(C2(CC)Nc3ccccc3C(=O)N2CC)cc1. The molecule has 1 unspecified atom stereocenters. The lowest BCUT2D eigenvalue weighted by atomic mass is 9.89. The number of nitrogens with zero attached hydrogens (tertiary/aromatic N) is 1. The average molecular weight is 395 g/mol. The van der Waals surface area contributed by atoms with Crippen molar-refractivity contribution in [3.63, 3.8) is 0 Å². The molecule has 0 bridgehead atoms. The lowest BCUT2D eigenvalue weighted by Crippen LogP contribution is -2.57. The van der Waals surface area contributed by atoms with Gasteiger partial charge in [0.1, 0.15) is 11.4 Å². The smallest absolute Gasteiger partial charge is 0.258 e. The number of para-hydroxylation sites is 1. The number of ether oxygens (including phenoxy) is 1. The number of rotatable bonds is 10. The van der Waals surface area contributed by atoms with Crippen molar-refractivity contribution in [2.75, 3.05) is 18.5 Å². The van der Waals surface area contributed by atoms with Crippen LogP contribution in [0.3, 0.4) is 0 Å². The van der Waals surface area contributed by atoms with Crippen LogP contribution in [0.2, 0.25) is 0 Å². The largest absolute Gasteiger partial charge is 0.494 e. The number of hydrogen-bond donors (Lipinski definition) is 1. The zero-order chi connectivity index (χ0) is 20.7. The number of benzene rings is 2. The molecule has 1 heterocycles. The number of amides is 1. The van der Waals surface area contributed by atoms with Crippen LogP contribution >= 0.6 is 0 Å². The second-order valence-corrected chi connectivity index (χ2v) is 7.72. The van der Waals surface area contributed by atoms with E-state index in [0.717, 1.165) is 42.0 Å². The number of carbonyl (C=O) groups is 1. The van der Waals surface area contributed by atoms with Crippen LogP contribution in [0.1, 0.15) is 75.2 Å². The molecule has 4 nitrogen and oxygen atoms in total. The maximum absolute atomic E-state index is 13.2. The van der Waals surface area contributed by atoms with Crippen molar-refractivity contribution in [2.45, 2.75) is 65.0 Å². The summed E-state index contributed by atoms with van der Waals surface area (Å²) in [6.07, 6.45) is 6.94. The van der Waals surface area contributed by atoms with Gasteiger partial charge in [0.2, 0.25) is 0 Å². The van der Waals surface area contributed by atoms with E-state index in [4.69, 9.17) is 4.74 Å². The molecule has 2 aromatic rings. The maximum Gasteiger partial charge on any atom is 0.258 e. The van der Waals surface area contributed by atoms with Crippen LogP contribution in [0.4, 0.5) is 5.69 Å². The molecule has 4 heteroatoms. The third-order valence-corrected chi connectivity index (χ3v) is 5.88. The summed E-state index contributed by atoms with van der Waals surface area (Å²) in [6, 6.07) is 16.0. The van der Waals surface area contributed by atoms with Gasteiger partial charge in [0.05, 0.1) is 12.2 Å². The second-order valence-electron chi connectivity index (χ2n) is 7.72. The van der Waals surface area contributed by atoms with Gasteiger partial charge in [-0.3, -0.25) is 4.79 Å². The van der Waals surface area contributed by atoms with Gasteiger partial charge in [-0.25, -0.2) is 0 Å². The van der Waals surface area contributed by atoms with E-state index in [2.05, 4.69) is 31.3 Å². The molecule has 1 aliphatic heterocycles. The molecule has 29 heavy (non-hydrogen) atoms. The zero-order valence-electron chi connectivity index (χ0n) is 18.0. The van der Waals surface area contributed by atoms with Crippen LogP contribution < -0.4 is 10.1 Å². The van der Waals surface area contributed by atoms with Crippen LogP contribution in [0.5, 0.6) is 5.75 Å². The molecule has 1 amide bonds. The molecule has 0 aliphatic carbocycles. The van der Waals surface area contributed by atoms with Gasteiger partial charge in [-0.2, -0.15) is 0 Å². The van der Waals surface area contributed by atoms with Crippen molar-refractivity contribution in [3.05, 3.63) is 59.7 Å². The van der Waals surface area contributed by atoms with Crippen molar-refractivity contribution in [3.8, 4) is 5.75 Å². The molecule has 156 valence electrons. The van der Waals surface area contributed by atoms with Crippen LogP contribution in [0.15, 0.2) is 48.5 Å². The van der Waals surface area contributed by atoms with E-state index in [0.29, 0.717) is 6.54 Å². The molecule has 2 aromatic carbocycles. The first-order valence-corrected chi connectivity index (χ1v) is 11.1. The Morgan fingerprint density at radius 3 is 2.34 bits per heavy atom. The van der Waals surface area contributed by atoms with E-state index < -0.39 is 5.66 Å². The van der Waals surface area contributed by atoms with Gasteiger partial charge in [0.25, 0.3) is 5.91 Å². The monoisotopic (exact) mass is 394 g/mol.